The number of benzene rings is 1. The zero-order valence-corrected chi connectivity index (χ0v) is 13.8. The first kappa shape index (κ1) is 17.5. The molecule has 1 fully saturated rings. The van der Waals surface area contributed by atoms with Gasteiger partial charge in [-0.25, -0.2) is 0 Å². The van der Waals surface area contributed by atoms with Gasteiger partial charge in [0.25, 0.3) is 0 Å². The minimum Gasteiger partial charge on any atom is -0.393 e. The normalized spacial score (nSPS) is 22.2. The molecule has 0 spiro atoms. The van der Waals surface area contributed by atoms with Crippen LogP contribution in [0.5, 0.6) is 0 Å². The molecule has 5 nitrogen and oxygen atoms in total. The van der Waals surface area contributed by atoms with Crippen LogP contribution >= 0.6 is 0 Å². The van der Waals surface area contributed by atoms with Gasteiger partial charge in [-0.1, -0.05) is 29.8 Å². The molecule has 1 saturated carbocycles. The fourth-order valence-corrected chi connectivity index (χ4v) is 2.99. The summed E-state index contributed by atoms with van der Waals surface area (Å²) in [6.45, 7) is 3.46. The standard InChI is InChI=1S/C18H26N2O3/c1-12-3-5-14(6-4-12)17(19-13(2)21)11-18(23)20-15-7-9-16(22)10-8-15/h3-6,15-17,22H,7-11H2,1-2H3,(H,19,21)(H,20,23). The number of carbonyl (C=O) groups excluding carboxylic acids is 2. The Bertz CT molecular complexity index is 534. The molecule has 1 unspecified atom stereocenters. The van der Waals surface area contributed by atoms with Crippen LogP contribution in [0.1, 0.15) is 56.2 Å². The second kappa shape index (κ2) is 8.11. The fraction of sp³-hybridized carbons (Fsp3) is 0.556. The number of aryl methyl sites for hydroxylation is 1. The number of rotatable bonds is 5. The average Bonchev–Trinajstić information content (AvgIpc) is 2.49. The molecule has 23 heavy (non-hydrogen) atoms. The van der Waals surface area contributed by atoms with Crippen molar-refractivity contribution in [3.05, 3.63) is 35.4 Å². The van der Waals surface area contributed by atoms with Gasteiger partial charge in [0.15, 0.2) is 0 Å². The van der Waals surface area contributed by atoms with Gasteiger partial charge in [0, 0.05) is 13.0 Å². The van der Waals surface area contributed by atoms with Gasteiger partial charge in [-0.05, 0) is 38.2 Å². The highest BCUT2D eigenvalue weighted by atomic mass is 16.3. The third-order valence-electron chi connectivity index (χ3n) is 4.31. The second-order valence-electron chi connectivity index (χ2n) is 6.44. The number of carbonyl (C=O) groups is 2. The number of aliphatic hydroxyl groups excluding tert-OH is 1. The zero-order chi connectivity index (χ0) is 16.8. The highest BCUT2D eigenvalue weighted by Crippen LogP contribution is 2.20. The van der Waals surface area contributed by atoms with E-state index in [1.54, 1.807) is 0 Å². The first-order chi connectivity index (χ1) is 10.9. The number of hydrogen-bond acceptors (Lipinski definition) is 3. The van der Waals surface area contributed by atoms with Gasteiger partial charge in [0.1, 0.15) is 0 Å². The van der Waals surface area contributed by atoms with E-state index in [1.807, 2.05) is 31.2 Å². The maximum absolute atomic E-state index is 12.3. The number of amides is 2. The summed E-state index contributed by atoms with van der Waals surface area (Å²) >= 11 is 0. The molecule has 2 amide bonds. The van der Waals surface area contributed by atoms with Crippen molar-refractivity contribution in [3.63, 3.8) is 0 Å². The molecular weight excluding hydrogens is 292 g/mol. The Morgan fingerprint density at radius 1 is 1.17 bits per heavy atom. The first-order valence-corrected chi connectivity index (χ1v) is 8.25. The number of hydrogen-bond donors (Lipinski definition) is 3. The van der Waals surface area contributed by atoms with Crippen LogP contribution in [0.3, 0.4) is 0 Å². The highest BCUT2D eigenvalue weighted by Gasteiger charge is 2.23. The van der Waals surface area contributed by atoms with Crippen molar-refractivity contribution in [1.29, 1.82) is 0 Å². The topological polar surface area (TPSA) is 78.4 Å². The molecular formula is C18H26N2O3. The van der Waals surface area contributed by atoms with Gasteiger partial charge in [-0.3, -0.25) is 9.59 Å². The molecule has 0 bridgehead atoms. The summed E-state index contributed by atoms with van der Waals surface area (Å²) in [5.74, 6) is -0.213. The van der Waals surface area contributed by atoms with Crippen molar-refractivity contribution in [2.45, 2.75) is 64.1 Å². The number of nitrogens with one attached hydrogen (secondary N) is 2. The van der Waals surface area contributed by atoms with Gasteiger partial charge in [0.05, 0.1) is 18.6 Å². The van der Waals surface area contributed by atoms with E-state index >= 15 is 0 Å². The average molecular weight is 318 g/mol. The summed E-state index contributed by atoms with van der Waals surface area (Å²) in [5, 5.41) is 15.4. The summed E-state index contributed by atoms with van der Waals surface area (Å²) in [4.78, 5) is 23.7. The van der Waals surface area contributed by atoms with Gasteiger partial charge in [-0.15, -0.1) is 0 Å². The lowest BCUT2D eigenvalue weighted by Gasteiger charge is -2.27. The quantitative estimate of drug-likeness (QED) is 0.777. The van der Waals surface area contributed by atoms with Crippen molar-refractivity contribution in [2.24, 2.45) is 0 Å². The van der Waals surface area contributed by atoms with Gasteiger partial charge in [0.2, 0.25) is 11.8 Å². The predicted octanol–water partition coefficient (Wildman–Crippen LogP) is 1.98. The lowest BCUT2D eigenvalue weighted by molar-refractivity contribution is -0.123. The van der Waals surface area contributed by atoms with E-state index in [9.17, 15) is 14.7 Å². The minimum atomic E-state index is -0.317. The van der Waals surface area contributed by atoms with Crippen LogP contribution in [-0.4, -0.2) is 29.1 Å². The Kier molecular flexibility index (Phi) is 6.16. The summed E-state index contributed by atoms with van der Waals surface area (Å²) in [6, 6.07) is 7.65. The third kappa shape index (κ3) is 5.67. The molecule has 126 valence electrons. The lowest BCUT2D eigenvalue weighted by atomic mass is 9.93. The summed E-state index contributed by atoms with van der Waals surface area (Å²) < 4.78 is 0. The molecule has 1 aromatic rings. The monoisotopic (exact) mass is 318 g/mol. The lowest BCUT2D eigenvalue weighted by Crippen LogP contribution is -2.40. The molecule has 2 rings (SSSR count). The van der Waals surface area contributed by atoms with E-state index in [0.29, 0.717) is 0 Å². The molecule has 0 aromatic heterocycles. The second-order valence-corrected chi connectivity index (χ2v) is 6.44. The van der Waals surface area contributed by atoms with Gasteiger partial charge < -0.3 is 15.7 Å². The van der Waals surface area contributed by atoms with E-state index in [2.05, 4.69) is 10.6 Å². The Hall–Kier alpha value is -1.88. The minimum absolute atomic E-state index is 0.0642. The smallest absolute Gasteiger partial charge is 0.222 e. The highest BCUT2D eigenvalue weighted by molar-refractivity contribution is 5.79. The summed E-state index contributed by atoms with van der Waals surface area (Å²) in [7, 11) is 0. The Labute approximate surface area is 137 Å². The SMILES string of the molecule is CC(=O)NC(CC(=O)NC1CCC(O)CC1)c1ccc(C)cc1. The van der Waals surface area contributed by atoms with Crippen LogP contribution in [0, 0.1) is 6.92 Å². The molecule has 1 aliphatic rings. The maximum atomic E-state index is 12.3. The summed E-state index contributed by atoms with van der Waals surface area (Å²) in [6.07, 6.45) is 3.07. The molecule has 1 aliphatic carbocycles. The molecule has 1 aromatic carbocycles. The van der Waals surface area contributed by atoms with Crippen LogP contribution in [0.15, 0.2) is 24.3 Å². The third-order valence-corrected chi connectivity index (χ3v) is 4.31. The molecule has 0 radical (unpaired) electrons. The van der Waals surface area contributed by atoms with Crippen LogP contribution < -0.4 is 10.6 Å². The zero-order valence-electron chi connectivity index (χ0n) is 13.8. The fourth-order valence-electron chi connectivity index (χ4n) is 2.99. The molecule has 5 heteroatoms. The molecule has 3 N–H and O–H groups in total. The van der Waals surface area contributed by atoms with Gasteiger partial charge >= 0.3 is 0 Å². The first-order valence-electron chi connectivity index (χ1n) is 8.25. The van der Waals surface area contributed by atoms with Crippen LogP contribution in [-0.2, 0) is 9.59 Å². The van der Waals surface area contributed by atoms with E-state index in [0.717, 1.165) is 36.8 Å². The Morgan fingerprint density at radius 3 is 2.35 bits per heavy atom. The van der Waals surface area contributed by atoms with Crippen LogP contribution in [0.2, 0.25) is 0 Å². The van der Waals surface area contributed by atoms with Gasteiger partial charge in [-0.2, -0.15) is 0 Å². The van der Waals surface area contributed by atoms with E-state index in [1.165, 1.54) is 6.92 Å². The molecule has 0 saturated heterocycles. The Morgan fingerprint density at radius 2 is 1.78 bits per heavy atom. The summed E-state index contributed by atoms with van der Waals surface area (Å²) in [5.41, 5.74) is 2.07. The van der Waals surface area contributed by atoms with Crippen molar-refractivity contribution in [1.82, 2.24) is 10.6 Å². The van der Waals surface area contributed by atoms with Crippen molar-refractivity contribution in [2.75, 3.05) is 0 Å². The molecule has 0 aliphatic heterocycles. The van der Waals surface area contributed by atoms with Crippen LogP contribution in [0.4, 0.5) is 0 Å². The van der Waals surface area contributed by atoms with Crippen LogP contribution in [0.25, 0.3) is 0 Å². The van der Waals surface area contributed by atoms with Crippen molar-refractivity contribution in [3.8, 4) is 0 Å². The maximum Gasteiger partial charge on any atom is 0.222 e. The molecule has 1 atom stereocenters. The predicted molar refractivity (Wildman–Crippen MR) is 88.8 cm³/mol. The van der Waals surface area contributed by atoms with Crippen molar-refractivity contribution >= 4 is 11.8 Å². The number of aliphatic hydroxyl groups is 1. The van der Waals surface area contributed by atoms with E-state index < -0.39 is 0 Å². The Balaban J connectivity index is 1.95. The van der Waals surface area contributed by atoms with E-state index in [4.69, 9.17) is 0 Å². The molecule has 0 heterocycles. The van der Waals surface area contributed by atoms with E-state index in [-0.39, 0.29) is 36.4 Å². The largest absolute Gasteiger partial charge is 0.393 e. The van der Waals surface area contributed by atoms with Crippen molar-refractivity contribution < 1.29 is 14.7 Å².